The number of methoxy groups -OCH3 is 1. The number of carbonyl (C=O) groups is 6. The lowest BCUT2D eigenvalue weighted by molar-refractivity contribution is -0.170. The summed E-state index contributed by atoms with van der Waals surface area (Å²) < 4.78 is 32.9. The lowest BCUT2D eigenvalue weighted by atomic mass is 9.80. The molecule has 0 radical (unpaired) electrons. The zero-order chi connectivity index (χ0) is 46.7. The number of amides is 3. The molecular formula is C46H54ClN5O13. The van der Waals surface area contributed by atoms with Crippen molar-refractivity contribution in [2.75, 3.05) is 53.1 Å². The highest BCUT2D eigenvalue weighted by atomic mass is 35.5. The molecule has 1 unspecified atom stereocenters. The number of nitrogens with one attached hydrogen (secondary N) is 1. The number of carboxylic acid groups (broad SMARTS) is 1. The number of para-hydroxylation sites is 1. The third kappa shape index (κ3) is 11.3. The van der Waals surface area contributed by atoms with Crippen molar-refractivity contribution in [3.63, 3.8) is 0 Å². The quantitative estimate of drug-likeness (QED) is 0.0954. The van der Waals surface area contributed by atoms with Crippen LogP contribution in [0.25, 0.3) is 21.8 Å². The monoisotopic (exact) mass is 919 g/mol. The number of aliphatic carboxylic acids is 1. The number of benzene rings is 2. The molecule has 2 aromatic heterocycles. The predicted octanol–water partition coefficient (Wildman–Crippen LogP) is 6.12. The summed E-state index contributed by atoms with van der Waals surface area (Å²) in [6.45, 7) is 6.77. The van der Waals surface area contributed by atoms with Crippen molar-refractivity contribution in [2.24, 2.45) is 0 Å². The molecule has 7 rings (SSSR count). The van der Waals surface area contributed by atoms with E-state index < -0.39 is 47.1 Å². The van der Waals surface area contributed by atoms with Crippen molar-refractivity contribution in [3.05, 3.63) is 65.3 Å². The van der Waals surface area contributed by atoms with E-state index in [1.807, 2.05) is 36.4 Å². The van der Waals surface area contributed by atoms with E-state index in [-0.39, 0.29) is 80.2 Å². The van der Waals surface area contributed by atoms with E-state index in [2.05, 4.69) is 15.3 Å². The molecule has 1 aliphatic heterocycles. The van der Waals surface area contributed by atoms with Crippen molar-refractivity contribution in [1.29, 1.82) is 0 Å². The van der Waals surface area contributed by atoms with E-state index >= 15 is 0 Å². The Morgan fingerprint density at radius 3 is 1.95 bits per heavy atom. The Morgan fingerprint density at radius 2 is 1.37 bits per heavy atom. The highest BCUT2D eigenvalue weighted by Crippen LogP contribution is 2.42. The first-order chi connectivity index (χ1) is 31.2. The SMILES string of the molecule is CCOC(=O)C1(Oc2ccc3ccccc3n2)CCC1.CCOC(=O)N1CCN(C(=O)C(CCC(=O)O)NC(=O)c2cc(OC3(C(=O)OCC)CCC3)c3cc(OC)c(Cl)cc3n2)CC1. The van der Waals surface area contributed by atoms with Gasteiger partial charge < -0.3 is 48.6 Å². The lowest BCUT2D eigenvalue weighted by Crippen LogP contribution is -2.56. The van der Waals surface area contributed by atoms with Gasteiger partial charge >= 0.3 is 24.0 Å². The van der Waals surface area contributed by atoms with Crippen LogP contribution in [-0.4, -0.2) is 131 Å². The summed E-state index contributed by atoms with van der Waals surface area (Å²) in [6, 6.07) is 14.8. The van der Waals surface area contributed by atoms with Crippen LogP contribution in [0.3, 0.4) is 0 Å². The average molecular weight is 920 g/mol. The summed E-state index contributed by atoms with van der Waals surface area (Å²) >= 11 is 6.36. The number of aromatic nitrogens is 2. The van der Waals surface area contributed by atoms with E-state index in [1.165, 1.54) is 29.0 Å². The normalized spacial score (nSPS) is 16.3. The molecule has 4 aromatic rings. The molecule has 2 saturated carbocycles. The fraction of sp³-hybridized carbons (Fsp3) is 0.478. The molecule has 2 aliphatic carbocycles. The fourth-order valence-electron chi connectivity index (χ4n) is 7.59. The number of fused-ring (bicyclic) bond motifs is 2. The standard InChI is InChI=1S/C30H37ClN4O10.C16H17NO3/c1-4-43-28(40)30(9-6-10-30)45-23-17-22(32-21-16-19(31)24(42-3)15-18(21)23)26(38)33-20(7-8-25(36)37)27(39)34-11-13-35(14-12-34)29(41)44-5-2;1-2-19-15(18)16(10-5-11-16)20-14-9-8-12-6-3-4-7-13(12)17-14/h15-17,20H,4-14H2,1-3H3,(H,33,38)(H,36,37);3-4,6-9H,2,5,10-11H2,1H3. The van der Waals surface area contributed by atoms with Gasteiger partial charge in [-0.05, 0) is 90.0 Å². The molecule has 3 amide bonds. The van der Waals surface area contributed by atoms with Gasteiger partial charge in [-0.1, -0.05) is 29.8 Å². The molecular weight excluding hydrogens is 866 g/mol. The summed E-state index contributed by atoms with van der Waals surface area (Å²) in [5.74, 6) is -2.21. The molecule has 0 bridgehead atoms. The van der Waals surface area contributed by atoms with Gasteiger partial charge in [0.15, 0.2) is 0 Å². The maximum absolute atomic E-state index is 13.6. The van der Waals surface area contributed by atoms with Gasteiger partial charge in [0.05, 0.1) is 43.0 Å². The van der Waals surface area contributed by atoms with Gasteiger partial charge in [0.1, 0.15) is 23.2 Å². The van der Waals surface area contributed by atoms with Gasteiger partial charge in [-0.15, -0.1) is 0 Å². The minimum absolute atomic E-state index is 0.141. The summed E-state index contributed by atoms with van der Waals surface area (Å²) in [5, 5.41) is 13.7. The van der Waals surface area contributed by atoms with Crippen LogP contribution in [0, 0.1) is 0 Å². The third-order valence-corrected chi connectivity index (χ3v) is 11.7. The first-order valence-corrected chi connectivity index (χ1v) is 22.1. The van der Waals surface area contributed by atoms with Gasteiger partial charge in [-0.3, -0.25) is 14.4 Å². The third-order valence-electron chi connectivity index (χ3n) is 11.4. The van der Waals surface area contributed by atoms with E-state index in [0.717, 1.165) is 23.7 Å². The number of pyridine rings is 2. The molecule has 3 aliphatic rings. The molecule has 19 heteroatoms. The molecule has 3 heterocycles. The number of hydrogen-bond acceptors (Lipinski definition) is 14. The van der Waals surface area contributed by atoms with E-state index in [1.54, 1.807) is 26.8 Å². The maximum atomic E-state index is 13.6. The summed E-state index contributed by atoms with van der Waals surface area (Å²) in [6.07, 6.45) is 2.90. The largest absolute Gasteiger partial charge is 0.495 e. The van der Waals surface area contributed by atoms with E-state index in [0.29, 0.717) is 49.3 Å². The number of halogens is 1. The number of ether oxygens (including phenoxy) is 6. The van der Waals surface area contributed by atoms with Crippen molar-refractivity contribution < 1.29 is 62.3 Å². The van der Waals surface area contributed by atoms with Crippen molar-refractivity contribution in [3.8, 4) is 17.4 Å². The number of esters is 2. The van der Waals surface area contributed by atoms with Crippen molar-refractivity contribution in [2.45, 2.75) is 89.4 Å². The second-order valence-electron chi connectivity index (χ2n) is 15.7. The molecule has 348 valence electrons. The van der Waals surface area contributed by atoms with Gasteiger partial charge in [-0.2, -0.15) is 0 Å². The van der Waals surface area contributed by atoms with Crippen LogP contribution >= 0.6 is 11.6 Å². The Balaban J connectivity index is 0.000000289. The molecule has 65 heavy (non-hydrogen) atoms. The van der Waals surface area contributed by atoms with Crippen LogP contribution in [-0.2, 0) is 33.4 Å². The Morgan fingerprint density at radius 1 is 0.754 bits per heavy atom. The first-order valence-electron chi connectivity index (χ1n) is 21.7. The second kappa shape index (κ2) is 21.5. The number of carboxylic acids is 1. The summed E-state index contributed by atoms with van der Waals surface area (Å²) in [5.41, 5.74) is -1.08. The molecule has 2 aromatic carbocycles. The van der Waals surface area contributed by atoms with Crippen LogP contribution in [0.5, 0.6) is 17.4 Å². The number of piperazine rings is 1. The highest BCUT2D eigenvalue weighted by molar-refractivity contribution is 6.32. The minimum Gasteiger partial charge on any atom is -0.495 e. The molecule has 3 fully saturated rings. The Hall–Kier alpha value is -6.43. The van der Waals surface area contributed by atoms with Gasteiger partial charge in [0.25, 0.3) is 5.91 Å². The van der Waals surface area contributed by atoms with Crippen LogP contribution in [0.15, 0.2) is 54.6 Å². The summed E-state index contributed by atoms with van der Waals surface area (Å²) in [4.78, 5) is 87.3. The van der Waals surface area contributed by atoms with E-state index in [4.69, 9.17) is 40.0 Å². The zero-order valence-electron chi connectivity index (χ0n) is 36.9. The van der Waals surface area contributed by atoms with Crippen LogP contribution in [0.2, 0.25) is 5.02 Å². The topological polar surface area (TPSA) is 222 Å². The van der Waals surface area contributed by atoms with Crippen molar-refractivity contribution in [1.82, 2.24) is 25.1 Å². The lowest BCUT2D eigenvalue weighted by Gasteiger charge is -2.39. The minimum atomic E-state index is -1.24. The predicted molar refractivity (Wildman–Crippen MR) is 236 cm³/mol. The second-order valence-corrected chi connectivity index (χ2v) is 16.1. The Bertz CT molecular complexity index is 2400. The van der Waals surface area contributed by atoms with Gasteiger partial charge in [0.2, 0.25) is 23.0 Å². The smallest absolute Gasteiger partial charge is 0.409 e. The van der Waals surface area contributed by atoms with Crippen molar-refractivity contribution >= 4 is 69.2 Å². The van der Waals surface area contributed by atoms with Crippen LogP contribution < -0.4 is 19.5 Å². The molecule has 1 saturated heterocycles. The highest BCUT2D eigenvalue weighted by Gasteiger charge is 2.50. The number of hydrogen-bond donors (Lipinski definition) is 2. The van der Waals surface area contributed by atoms with Gasteiger partial charge in [-0.25, -0.2) is 24.4 Å². The molecule has 0 spiro atoms. The average Bonchev–Trinajstić information content (AvgIpc) is 3.27. The van der Waals surface area contributed by atoms with E-state index in [9.17, 15) is 33.9 Å². The zero-order valence-corrected chi connectivity index (χ0v) is 37.6. The molecule has 18 nitrogen and oxygen atoms in total. The summed E-state index contributed by atoms with van der Waals surface area (Å²) in [7, 11) is 1.44. The number of nitrogens with zero attached hydrogens (tertiary/aromatic N) is 4. The number of rotatable bonds is 16. The maximum Gasteiger partial charge on any atom is 0.409 e. The Labute approximate surface area is 380 Å². The fourth-order valence-corrected chi connectivity index (χ4v) is 7.82. The van der Waals surface area contributed by atoms with Crippen LogP contribution in [0.1, 0.15) is 82.6 Å². The van der Waals surface area contributed by atoms with Gasteiger partial charge in [0, 0.05) is 55.5 Å². The van der Waals surface area contributed by atoms with Crippen LogP contribution in [0.4, 0.5) is 4.79 Å². The molecule has 1 atom stereocenters. The first kappa shape index (κ1) is 48.0. The Kier molecular flexibility index (Phi) is 15.9. The number of carbonyl (C=O) groups excluding carboxylic acids is 5. The molecule has 2 N–H and O–H groups in total.